The molecule has 1 aromatic carbocycles. The van der Waals surface area contributed by atoms with Crippen molar-refractivity contribution >= 4 is 11.6 Å². The summed E-state index contributed by atoms with van der Waals surface area (Å²) in [5.74, 6) is 1.23. The minimum atomic E-state index is -0.448. The van der Waals surface area contributed by atoms with Crippen LogP contribution in [0.4, 0.5) is 5.69 Å². The van der Waals surface area contributed by atoms with Crippen molar-refractivity contribution in [2.75, 3.05) is 18.6 Å². The number of amides is 1. The van der Waals surface area contributed by atoms with Crippen molar-refractivity contribution in [3.05, 3.63) is 54.3 Å². The molecular formula is C17H19NO2. The number of methoxy groups -OCH3 is 1. The van der Waals surface area contributed by atoms with E-state index in [1.165, 1.54) is 0 Å². The Hall–Kier alpha value is -2.03. The smallest absolute Gasteiger partial charge is 0.237 e. The lowest BCUT2D eigenvalue weighted by molar-refractivity contribution is -0.124. The van der Waals surface area contributed by atoms with Gasteiger partial charge < -0.3 is 9.64 Å². The summed E-state index contributed by atoms with van der Waals surface area (Å²) in [4.78, 5) is 14.8. The summed E-state index contributed by atoms with van der Waals surface area (Å²) in [6.07, 6.45) is 6.74. The molecule has 1 aliphatic heterocycles. The van der Waals surface area contributed by atoms with E-state index in [4.69, 9.17) is 4.74 Å². The molecule has 104 valence electrons. The largest absolute Gasteiger partial charge is 0.497 e. The van der Waals surface area contributed by atoms with Crippen LogP contribution in [0.3, 0.4) is 0 Å². The Kier molecular flexibility index (Phi) is 3.13. The molecule has 3 nitrogen and oxygen atoms in total. The molecule has 1 spiro atoms. The predicted molar refractivity (Wildman–Crippen MR) is 79.2 cm³/mol. The highest BCUT2D eigenvalue weighted by Gasteiger charge is 2.51. The van der Waals surface area contributed by atoms with Crippen molar-refractivity contribution in [2.24, 2.45) is 11.3 Å². The van der Waals surface area contributed by atoms with Gasteiger partial charge in [0.15, 0.2) is 0 Å². The van der Waals surface area contributed by atoms with Crippen LogP contribution in [-0.2, 0) is 9.53 Å². The molecule has 0 saturated carbocycles. The zero-order valence-corrected chi connectivity index (χ0v) is 11.9. The molecule has 2 aliphatic rings. The van der Waals surface area contributed by atoms with E-state index in [-0.39, 0.29) is 11.8 Å². The van der Waals surface area contributed by atoms with Crippen LogP contribution in [0.25, 0.3) is 0 Å². The fourth-order valence-electron chi connectivity index (χ4n) is 3.16. The Morgan fingerprint density at radius 1 is 1.30 bits per heavy atom. The van der Waals surface area contributed by atoms with E-state index in [0.717, 1.165) is 24.4 Å². The first-order valence-electron chi connectivity index (χ1n) is 6.98. The third-order valence-electron chi connectivity index (χ3n) is 4.42. The van der Waals surface area contributed by atoms with Gasteiger partial charge in [0.1, 0.15) is 5.76 Å². The van der Waals surface area contributed by atoms with E-state index < -0.39 is 5.41 Å². The Bertz CT molecular complexity index is 576. The average molecular weight is 269 g/mol. The molecule has 1 saturated heterocycles. The summed E-state index contributed by atoms with van der Waals surface area (Å²) in [6.45, 7) is 2.90. The molecule has 1 amide bonds. The molecule has 0 unspecified atom stereocenters. The van der Waals surface area contributed by atoms with Gasteiger partial charge in [-0.2, -0.15) is 0 Å². The van der Waals surface area contributed by atoms with Gasteiger partial charge in [-0.05, 0) is 36.6 Å². The molecule has 3 heteroatoms. The number of carbonyl (C=O) groups is 1. The van der Waals surface area contributed by atoms with Crippen LogP contribution in [0.1, 0.15) is 13.3 Å². The maximum absolute atomic E-state index is 12.9. The number of benzene rings is 1. The number of hydrogen-bond acceptors (Lipinski definition) is 2. The van der Waals surface area contributed by atoms with Gasteiger partial charge >= 0.3 is 0 Å². The zero-order valence-electron chi connectivity index (χ0n) is 11.9. The van der Waals surface area contributed by atoms with Gasteiger partial charge in [-0.3, -0.25) is 4.79 Å². The molecular weight excluding hydrogens is 250 g/mol. The maximum Gasteiger partial charge on any atom is 0.237 e. The highest BCUT2D eigenvalue weighted by Crippen LogP contribution is 2.46. The molecule has 0 N–H and O–H groups in total. The van der Waals surface area contributed by atoms with Crippen LogP contribution >= 0.6 is 0 Å². The molecule has 2 atom stereocenters. The lowest BCUT2D eigenvalue weighted by Gasteiger charge is -2.29. The van der Waals surface area contributed by atoms with Gasteiger partial charge in [-0.25, -0.2) is 0 Å². The molecule has 3 rings (SSSR count). The maximum atomic E-state index is 12.9. The number of carbonyl (C=O) groups excluding carboxylic acids is 1. The molecule has 1 fully saturated rings. The number of hydrogen-bond donors (Lipinski definition) is 0. The van der Waals surface area contributed by atoms with E-state index in [2.05, 4.69) is 6.92 Å². The molecule has 0 bridgehead atoms. The number of ether oxygens (including phenoxy) is 1. The number of anilines is 1. The number of allylic oxidation sites excluding steroid dienone is 2. The van der Waals surface area contributed by atoms with Crippen molar-refractivity contribution in [3.8, 4) is 0 Å². The van der Waals surface area contributed by atoms with Gasteiger partial charge in [-0.1, -0.05) is 31.2 Å². The third kappa shape index (κ3) is 1.85. The van der Waals surface area contributed by atoms with Gasteiger partial charge in [-0.15, -0.1) is 0 Å². The second-order valence-electron chi connectivity index (χ2n) is 5.55. The zero-order chi connectivity index (χ0) is 14.2. The van der Waals surface area contributed by atoms with Crippen LogP contribution in [0, 0.1) is 11.3 Å². The standard InChI is InChI=1S/C17H19NO2/c1-13-12-18(14-7-4-3-5-8-14)16(19)17(13)10-6-9-15(11-17)20-2/h3-9,11,13H,10,12H2,1-2H3/t13-,17-/m1/s1. The first-order valence-corrected chi connectivity index (χ1v) is 6.98. The molecule has 0 aromatic heterocycles. The minimum Gasteiger partial charge on any atom is -0.497 e. The Labute approximate surface area is 119 Å². The van der Waals surface area contributed by atoms with Crippen molar-refractivity contribution in [3.63, 3.8) is 0 Å². The van der Waals surface area contributed by atoms with Crippen molar-refractivity contribution in [1.82, 2.24) is 0 Å². The minimum absolute atomic E-state index is 0.176. The summed E-state index contributed by atoms with van der Waals surface area (Å²) in [7, 11) is 1.65. The fourth-order valence-corrected chi connectivity index (χ4v) is 3.16. The van der Waals surface area contributed by atoms with Crippen molar-refractivity contribution < 1.29 is 9.53 Å². The first-order chi connectivity index (χ1) is 9.67. The molecule has 1 aromatic rings. The van der Waals surface area contributed by atoms with E-state index in [0.29, 0.717) is 0 Å². The van der Waals surface area contributed by atoms with Gasteiger partial charge in [0.25, 0.3) is 0 Å². The van der Waals surface area contributed by atoms with Crippen LogP contribution in [0.5, 0.6) is 0 Å². The lowest BCUT2D eigenvalue weighted by Crippen LogP contribution is -2.35. The summed E-state index contributed by atoms with van der Waals surface area (Å²) in [5.41, 5.74) is 0.527. The second kappa shape index (κ2) is 4.82. The summed E-state index contributed by atoms with van der Waals surface area (Å²) < 4.78 is 5.32. The Morgan fingerprint density at radius 2 is 2.05 bits per heavy atom. The van der Waals surface area contributed by atoms with Crippen LogP contribution < -0.4 is 4.90 Å². The highest BCUT2D eigenvalue weighted by molar-refractivity contribution is 6.02. The molecule has 1 aliphatic carbocycles. The third-order valence-corrected chi connectivity index (χ3v) is 4.42. The van der Waals surface area contributed by atoms with E-state index in [1.54, 1.807) is 7.11 Å². The van der Waals surface area contributed by atoms with Gasteiger partial charge in [0, 0.05) is 12.2 Å². The van der Waals surface area contributed by atoms with Crippen molar-refractivity contribution in [2.45, 2.75) is 13.3 Å². The predicted octanol–water partition coefficient (Wildman–Crippen LogP) is 3.15. The number of rotatable bonds is 2. The monoisotopic (exact) mass is 269 g/mol. The lowest BCUT2D eigenvalue weighted by atomic mass is 9.73. The first kappa shape index (κ1) is 13.0. The molecule has 1 heterocycles. The summed E-state index contributed by atoms with van der Waals surface area (Å²) in [5, 5.41) is 0. The Balaban J connectivity index is 1.97. The quantitative estimate of drug-likeness (QED) is 0.825. The molecule has 20 heavy (non-hydrogen) atoms. The van der Waals surface area contributed by atoms with Gasteiger partial charge in [0.05, 0.1) is 12.5 Å². The van der Waals surface area contributed by atoms with Gasteiger partial charge in [0.2, 0.25) is 5.91 Å². The topological polar surface area (TPSA) is 29.5 Å². The van der Waals surface area contributed by atoms with E-state index >= 15 is 0 Å². The number of para-hydroxylation sites is 1. The van der Waals surface area contributed by atoms with Crippen molar-refractivity contribution in [1.29, 1.82) is 0 Å². The summed E-state index contributed by atoms with van der Waals surface area (Å²) in [6, 6.07) is 9.88. The van der Waals surface area contributed by atoms with E-state index in [1.807, 2.05) is 53.5 Å². The van der Waals surface area contributed by atoms with Crippen LogP contribution in [0.2, 0.25) is 0 Å². The fraction of sp³-hybridized carbons (Fsp3) is 0.353. The second-order valence-corrected chi connectivity index (χ2v) is 5.55. The van der Waals surface area contributed by atoms with E-state index in [9.17, 15) is 4.79 Å². The number of nitrogens with zero attached hydrogens (tertiary/aromatic N) is 1. The summed E-state index contributed by atoms with van der Waals surface area (Å²) >= 11 is 0. The SMILES string of the molecule is COC1=C[C@@]2(CC=C1)C(=O)N(c1ccccc1)C[C@H]2C. The normalized spacial score (nSPS) is 28.9. The highest BCUT2D eigenvalue weighted by atomic mass is 16.5. The molecule has 0 radical (unpaired) electrons. The average Bonchev–Trinajstić information content (AvgIpc) is 2.73. The van der Waals surface area contributed by atoms with Crippen LogP contribution in [-0.4, -0.2) is 19.6 Å². The van der Waals surface area contributed by atoms with Crippen LogP contribution in [0.15, 0.2) is 54.3 Å². The Morgan fingerprint density at radius 3 is 2.75 bits per heavy atom.